The molecule has 0 saturated carbocycles. The summed E-state index contributed by atoms with van der Waals surface area (Å²) in [6.07, 6.45) is 0.246. The number of fused-ring (bicyclic) bond motifs is 1. The van der Waals surface area contributed by atoms with Crippen molar-refractivity contribution in [3.05, 3.63) is 101 Å². The van der Waals surface area contributed by atoms with Crippen molar-refractivity contribution in [1.29, 1.82) is 0 Å². The number of hydrogen-bond acceptors (Lipinski definition) is 3. The fourth-order valence-electron chi connectivity index (χ4n) is 3.94. The molecule has 32 heavy (non-hydrogen) atoms. The molecule has 0 radical (unpaired) electrons. The summed E-state index contributed by atoms with van der Waals surface area (Å²) in [5.41, 5.74) is 1.57. The van der Waals surface area contributed by atoms with Crippen LogP contribution in [-0.4, -0.2) is 35.6 Å². The highest BCUT2D eigenvalue weighted by Crippen LogP contribution is 2.38. The van der Waals surface area contributed by atoms with Gasteiger partial charge in [-0.2, -0.15) is 0 Å². The standard InChI is InChI=1S/C26H23ClF2N2O/c1-31(2)11-10-26(32,19-12-20(28)15-21(29)13-19)18-8-9-24-23(14-18)22(16-25(27)30-24)17-6-4-3-5-7-17/h3-9,12-16,32H,10-11H2,1-2H3. The minimum absolute atomic E-state index is 0.166. The van der Waals surface area contributed by atoms with E-state index in [1.807, 2.05) is 55.4 Å². The topological polar surface area (TPSA) is 36.4 Å². The van der Waals surface area contributed by atoms with Crippen LogP contribution in [0.4, 0.5) is 8.78 Å². The average molecular weight is 453 g/mol. The van der Waals surface area contributed by atoms with Gasteiger partial charge in [0, 0.05) is 18.0 Å². The molecular formula is C26H23ClF2N2O. The minimum Gasteiger partial charge on any atom is -0.380 e. The Labute approximate surface area is 190 Å². The van der Waals surface area contributed by atoms with Crippen LogP contribution in [-0.2, 0) is 5.60 Å². The van der Waals surface area contributed by atoms with E-state index >= 15 is 0 Å². The maximum Gasteiger partial charge on any atom is 0.130 e. The van der Waals surface area contributed by atoms with Crippen LogP contribution in [0.2, 0.25) is 5.15 Å². The quantitative estimate of drug-likeness (QED) is 0.363. The summed E-state index contributed by atoms with van der Waals surface area (Å²) in [4.78, 5) is 6.33. The molecule has 1 N–H and O–H groups in total. The van der Waals surface area contributed by atoms with Crippen molar-refractivity contribution in [3.8, 4) is 11.1 Å². The molecule has 1 heterocycles. The Balaban J connectivity index is 1.94. The molecule has 0 saturated heterocycles. The third kappa shape index (κ3) is 4.51. The molecule has 4 aromatic rings. The second kappa shape index (κ2) is 8.94. The van der Waals surface area contributed by atoms with E-state index in [0.717, 1.165) is 22.6 Å². The predicted molar refractivity (Wildman–Crippen MR) is 125 cm³/mol. The molecular weight excluding hydrogens is 430 g/mol. The first-order valence-electron chi connectivity index (χ1n) is 10.3. The van der Waals surface area contributed by atoms with Gasteiger partial charge in [0.1, 0.15) is 22.4 Å². The van der Waals surface area contributed by atoms with Gasteiger partial charge in [-0.05, 0) is 73.1 Å². The summed E-state index contributed by atoms with van der Waals surface area (Å²) >= 11 is 6.27. The van der Waals surface area contributed by atoms with Crippen molar-refractivity contribution in [3.63, 3.8) is 0 Å². The van der Waals surface area contributed by atoms with E-state index in [1.54, 1.807) is 18.2 Å². The van der Waals surface area contributed by atoms with Crippen LogP contribution in [0.15, 0.2) is 72.8 Å². The van der Waals surface area contributed by atoms with Gasteiger partial charge in [0.2, 0.25) is 0 Å². The van der Waals surface area contributed by atoms with Gasteiger partial charge in [-0.3, -0.25) is 0 Å². The Bertz CT molecular complexity index is 1240. The first-order valence-corrected chi connectivity index (χ1v) is 10.6. The maximum absolute atomic E-state index is 14.1. The molecule has 0 amide bonds. The first-order chi connectivity index (χ1) is 15.3. The van der Waals surface area contributed by atoms with Crippen molar-refractivity contribution in [2.75, 3.05) is 20.6 Å². The summed E-state index contributed by atoms with van der Waals surface area (Å²) in [7, 11) is 3.76. The molecule has 0 fully saturated rings. The highest BCUT2D eigenvalue weighted by molar-refractivity contribution is 6.30. The van der Waals surface area contributed by atoms with E-state index in [1.165, 1.54) is 12.1 Å². The smallest absolute Gasteiger partial charge is 0.130 e. The van der Waals surface area contributed by atoms with Crippen LogP contribution in [0.1, 0.15) is 17.5 Å². The largest absolute Gasteiger partial charge is 0.380 e. The number of aromatic nitrogens is 1. The van der Waals surface area contributed by atoms with Gasteiger partial charge in [0.25, 0.3) is 0 Å². The normalized spacial score (nSPS) is 13.5. The number of aliphatic hydroxyl groups is 1. The average Bonchev–Trinajstić information content (AvgIpc) is 2.76. The highest BCUT2D eigenvalue weighted by atomic mass is 35.5. The summed E-state index contributed by atoms with van der Waals surface area (Å²) in [6.45, 7) is 0.511. The minimum atomic E-state index is -1.60. The van der Waals surface area contributed by atoms with Gasteiger partial charge >= 0.3 is 0 Å². The molecule has 6 heteroatoms. The van der Waals surface area contributed by atoms with E-state index in [4.69, 9.17) is 11.6 Å². The molecule has 164 valence electrons. The van der Waals surface area contributed by atoms with Gasteiger partial charge in [-0.1, -0.05) is 48.0 Å². The zero-order valence-corrected chi connectivity index (χ0v) is 18.6. The summed E-state index contributed by atoms with van der Waals surface area (Å²) in [6, 6.07) is 20.0. The molecule has 1 aromatic heterocycles. The van der Waals surface area contributed by atoms with Gasteiger partial charge in [0.15, 0.2) is 0 Å². The molecule has 0 aliphatic heterocycles. The van der Waals surface area contributed by atoms with Crippen LogP contribution in [0.25, 0.3) is 22.0 Å². The van der Waals surface area contributed by atoms with E-state index < -0.39 is 17.2 Å². The van der Waals surface area contributed by atoms with Crippen molar-refractivity contribution < 1.29 is 13.9 Å². The molecule has 3 nitrogen and oxygen atoms in total. The van der Waals surface area contributed by atoms with Crippen molar-refractivity contribution in [2.45, 2.75) is 12.0 Å². The van der Waals surface area contributed by atoms with Crippen LogP contribution in [0.5, 0.6) is 0 Å². The Morgan fingerprint density at radius 3 is 2.25 bits per heavy atom. The Morgan fingerprint density at radius 1 is 0.906 bits per heavy atom. The molecule has 1 unspecified atom stereocenters. The van der Waals surface area contributed by atoms with Crippen LogP contribution in [0, 0.1) is 11.6 Å². The summed E-state index contributed by atoms with van der Waals surface area (Å²) < 4.78 is 28.1. The number of halogens is 3. The third-order valence-corrected chi connectivity index (χ3v) is 5.79. The van der Waals surface area contributed by atoms with Crippen molar-refractivity contribution in [1.82, 2.24) is 9.88 Å². The van der Waals surface area contributed by atoms with E-state index in [2.05, 4.69) is 4.98 Å². The monoisotopic (exact) mass is 452 g/mol. The number of rotatable bonds is 6. The third-order valence-electron chi connectivity index (χ3n) is 5.60. The zero-order chi connectivity index (χ0) is 22.9. The maximum atomic E-state index is 14.1. The van der Waals surface area contributed by atoms with Crippen LogP contribution in [0.3, 0.4) is 0 Å². The first kappa shape index (κ1) is 22.3. The number of nitrogens with zero attached hydrogens (tertiary/aromatic N) is 2. The second-order valence-corrected chi connectivity index (χ2v) is 8.55. The lowest BCUT2D eigenvalue weighted by Crippen LogP contribution is -2.32. The van der Waals surface area contributed by atoms with Crippen molar-refractivity contribution >= 4 is 22.5 Å². The molecule has 0 bridgehead atoms. The molecule has 0 aliphatic carbocycles. The van der Waals surface area contributed by atoms with E-state index in [-0.39, 0.29) is 12.0 Å². The lowest BCUT2D eigenvalue weighted by molar-refractivity contribution is 0.0624. The highest BCUT2D eigenvalue weighted by Gasteiger charge is 2.33. The van der Waals surface area contributed by atoms with Crippen molar-refractivity contribution in [2.24, 2.45) is 0 Å². The Morgan fingerprint density at radius 2 is 1.59 bits per heavy atom. The van der Waals surface area contributed by atoms with Crippen LogP contribution < -0.4 is 0 Å². The number of benzene rings is 3. The number of hydrogen-bond donors (Lipinski definition) is 1. The number of pyridine rings is 1. The molecule has 0 aliphatic rings. The van der Waals surface area contributed by atoms with Crippen LogP contribution >= 0.6 is 11.6 Å². The Hall–Kier alpha value is -2.86. The second-order valence-electron chi connectivity index (χ2n) is 8.16. The van der Waals surface area contributed by atoms with Gasteiger partial charge < -0.3 is 10.0 Å². The summed E-state index contributed by atoms with van der Waals surface area (Å²) in [5, 5.41) is 13.0. The van der Waals surface area contributed by atoms with E-state index in [0.29, 0.717) is 22.8 Å². The summed E-state index contributed by atoms with van der Waals surface area (Å²) in [5.74, 6) is -1.47. The lowest BCUT2D eigenvalue weighted by atomic mass is 9.82. The SMILES string of the molecule is CN(C)CCC(O)(c1cc(F)cc(F)c1)c1ccc2nc(Cl)cc(-c3ccccc3)c2c1. The molecule has 4 rings (SSSR count). The fraction of sp³-hybridized carbons (Fsp3) is 0.192. The molecule has 0 spiro atoms. The van der Waals surface area contributed by atoms with Gasteiger partial charge in [-0.25, -0.2) is 13.8 Å². The fourth-order valence-corrected chi connectivity index (χ4v) is 4.14. The molecule has 1 atom stereocenters. The predicted octanol–water partition coefficient (Wildman–Crippen LogP) is 6.02. The van der Waals surface area contributed by atoms with E-state index in [9.17, 15) is 13.9 Å². The molecule has 3 aromatic carbocycles. The Kier molecular flexibility index (Phi) is 6.24. The van der Waals surface area contributed by atoms with Gasteiger partial charge in [-0.15, -0.1) is 0 Å². The lowest BCUT2D eigenvalue weighted by Gasteiger charge is -2.31. The van der Waals surface area contributed by atoms with Gasteiger partial charge in [0.05, 0.1) is 5.52 Å². The zero-order valence-electron chi connectivity index (χ0n) is 17.8.